The molecule has 0 aromatic carbocycles. The summed E-state index contributed by atoms with van der Waals surface area (Å²) in [5.41, 5.74) is 0. The summed E-state index contributed by atoms with van der Waals surface area (Å²) in [5, 5.41) is -1.38. The molecule has 4 heavy (non-hydrogen) atoms. The molecule has 0 aliphatic carbocycles. The van der Waals surface area contributed by atoms with Crippen LogP contribution in [0.15, 0.2) is 0 Å². The highest BCUT2D eigenvalue weighted by molar-refractivity contribution is 9.09. The second-order valence-corrected chi connectivity index (χ2v) is 1.10. The molecule has 0 aromatic rings. The van der Waals surface area contributed by atoms with E-state index in [9.17, 15) is 0 Å². The third kappa shape index (κ3) is 2.77. The van der Waals surface area contributed by atoms with E-state index < -0.39 is 5.28 Å². The molecule has 26 valence electrons. The Balaban J connectivity index is 3.17. The Hall–Kier alpha value is 0.770. The minimum atomic E-state index is -1.38. The van der Waals surface area contributed by atoms with Gasteiger partial charge in [-0.2, -0.15) is 0 Å². The first-order valence-corrected chi connectivity index (χ1v) is 2.14. The summed E-state index contributed by atoms with van der Waals surface area (Å²) in [5.74, 6) is -0.00694. The summed E-state index contributed by atoms with van der Waals surface area (Å²) in [6, 6.07) is 0. The van der Waals surface area contributed by atoms with Crippen LogP contribution in [0.3, 0.4) is 0 Å². The molecule has 0 aliphatic rings. The van der Waals surface area contributed by atoms with E-state index in [1.165, 1.54) is 0 Å². The van der Waals surface area contributed by atoms with Gasteiger partial charge in [-0.3, -0.25) is 0 Å². The lowest BCUT2D eigenvalue weighted by Crippen LogP contribution is -1.62. The van der Waals surface area contributed by atoms with Crippen molar-refractivity contribution in [1.82, 2.24) is 0 Å². The van der Waals surface area contributed by atoms with Gasteiger partial charge in [-0.25, -0.2) is 0 Å². The predicted octanol–water partition coefficient (Wildman–Crippen LogP) is 1.62. The lowest BCUT2D eigenvalue weighted by molar-refractivity contribution is 1.57. The Morgan fingerprint density at radius 3 is 2.50 bits per heavy atom. The largest absolute Gasteiger partial charge is 0.126 e. The number of halogens is 2. The fraction of sp³-hybridized carbons (Fsp3) is 1.00. The summed E-state index contributed by atoms with van der Waals surface area (Å²) in [7, 11) is 0. The SMILES string of the molecule is [2H]C([2H])(Br)CCl. The molecule has 0 bridgehead atoms. The van der Waals surface area contributed by atoms with Crippen LogP contribution in [0.5, 0.6) is 0 Å². The Kier molecular flexibility index (Phi) is 1.92. The molecule has 0 aliphatic heterocycles. The molecule has 0 nitrogen and oxygen atoms in total. The van der Waals surface area contributed by atoms with Crippen molar-refractivity contribution < 1.29 is 2.74 Å². The van der Waals surface area contributed by atoms with Crippen LogP contribution in [0.2, 0.25) is 0 Å². The van der Waals surface area contributed by atoms with Gasteiger partial charge >= 0.3 is 0 Å². The lowest BCUT2D eigenvalue weighted by atomic mass is 11.0. The van der Waals surface area contributed by atoms with Crippen LogP contribution in [0, 0.1) is 0 Å². The Morgan fingerprint density at radius 1 is 2.25 bits per heavy atom. The predicted molar refractivity (Wildman–Crippen MR) is 24.5 cm³/mol. The maximum atomic E-state index is 6.63. The van der Waals surface area contributed by atoms with Crippen molar-refractivity contribution >= 4 is 27.5 Å². The number of hydrogen-bond acceptors (Lipinski definition) is 0. The van der Waals surface area contributed by atoms with Gasteiger partial charge in [0, 0.05) is 13.9 Å². The van der Waals surface area contributed by atoms with Crippen LogP contribution in [0.1, 0.15) is 2.74 Å². The van der Waals surface area contributed by atoms with Gasteiger partial charge in [-0.1, -0.05) is 15.9 Å². The Labute approximate surface area is 42.1 Å². The molecule has 0 aromatic heterocycles. The van der Waals surface area contributed by atoms with Gasteiger partial charge in [0.25, 0.3) is 0 Å². The molecule has 0 amide bonds. The van der Waals surface area contributed by atoms with Crippen LogP contribution < -0.4 is 0 Å². The molecule has 2 heteroatoms. The van der Waals surface area contributed by atoms with Gasteiger partial charge in [0.2, 0.25) is 0 Å². The van der Waals surface area contributed by atoms with Gasteiger partial charge < -0.3 is 0 Å². The zero-order valence-corrected chi connectivity index (χ0v) is 4.30. The first-order valence-electron chi connectivity index (χ1n) is 1.81. The van der Waals surface area contributed by atoms with Crippen molar-refractivity contribution in [3.63, 3.8) is 0 Å². The van der Waals surface area contributed by atoms with E-state index in [1.807, 2.05) is 0 Å². The quantitative estimate of drug-likeness (QED) is 0.492. The summed E-state index contributed by atoms with van der Waals surface area (Å²) in [6.07, 6.45) is 0. The Bertz CT molecular complexity index is 41.3. The van der Waals surface area contributed by atoms with Crippen LogP contribution in [0.4, 0.5) is 0 Å². The molecular weight excluding hydrogens is 139 g/mol. The average molecular weight is 145 g/mol. The highest BCUT2D eigenvalue weighted by atomic mass is 79.9. The van der Waals surface area contributed by atoms with E-state index in [1.54, 1.807) is 0 Å². The second kappa shape index (κ2) is 3.77. The molecule has 0 heterocycles. The van der Waals surface area contributed by atoms with Crippen molar-refractivity contribution in [1.29, 1.82) is 0 Å². The number of rotatable bonds is 1. The van der Waals surface area contributed by atoms with Crippen molar-refractivity contribution in [2.75, 3.05) is 11.2 Å². The number of alkyl halides is 2. The van der Waals surface area contributed by atoms with Crippen molar-refractivity contribution in [3.05, 3.63) is 0 Å². The van der Waals surface area contributed by atoms with Gasteiger partial charge in [0.05, 0.1) is 0 Å². The summed E-state index contributed by atoms with van der Waals surface area (Å²) in [6.45, 7) is 0. The first kappa shape index (κ1) is 2.04. The number of hydrogen-bond donors (Lipinski definition) is 0. The maximum absolute atomic E-state index is 6.63. The normalized spacial score (nSPS) is 18.5. The summed E-state index contributed by atoms with van der Waals surface area (Å²) >= 11 is 7.73. The molecule has 0 unspecified atom stereocenters. The molecule has 0 N–H and O–H groups in total. The molecule has 0 spiro atoms. The van der Waals surface area contributed by atoms with Crippen LogP contribution in [-0.4, -0.2) is 11.2 Å². The van der Waals surface area contributed by atoms with Crippen LogP contribution in [0.25, 0.3) is 0 Å². The zero-order valence-electron chi connectivity index (χ0n) is 3.96. The van der Waals surface area contributed by atoms with E-state index in [-0.39, 0.29) is 5.88 Å². The van der Waals surface area contributed by atoms with E-state index in [0.717, 1.165) is 0 Å². The molecule has 0 saturated heterocycles. The Morgan fingerprint density at radius 2 is 2.50 bits per heavy atom. The van der Waals surface area contributed by atoms with Gasteiger partial charge in [-0.05, 0) is 0 Å². The van der Waals surface area contributed by atoms with Crippen molar-refractivity contribution in [3.8, 4) is 0 Å². The van der Waals surface area contributed by atoms with Crippen LogP contribution in [-0.2, 0) is 0 Å². The van der Waals surface area contributed by atoms with E-state index in [4.69, 9.17) is 14.3 Å². The third-order valence-corrected chi connectivity index (χ3v) is 0.787. The minimum Gasteiger partial charge on any atom is -0.126 e. The third-order valence-electron chi connectivity index (χ3n) is 0.0505. The molecule has 0 atom stereocenters. The highest BCUT2D eigenvalue weighted by Gasteiger charge is 1.61. The summed E-state index contributed by atoms with van der Waals surface area (Å²) in [4.78, 5) is 0. The lowest BCUT2D eigenvalue weighted by Gasteiger charge is -1.63. The first-order chi connectivity index (χ1) is 2.56. The van der Waals surface area contributed by atoms with E-state index >= 15 is 0 Å². The van der Waals surface area contributed by atoms with Gasteiger partial charge in [0.15, 0.2) is 0 Å². The molecule has 0 radical (unpaired) electrons. The van der Waals surface area contributed by atoms with Gasteiger partial charge in [0.1, 0.15) is 0 Å². The minimum absolute atomic E-state index is 0.00694. The highest BCUT2D eigenvalue weighted by Crippen LogP contribution is 1.79. The molecule has 0 rings (SSSR count). The average Bonchev–Trinajstić information content (AvgIpc) is 1.35. The van der Waals surface area contributed by atoms with Gasteiger partial charge in [-0.15, -0.1) is 11.6 Å². The maximum Gasteiger partial charge on any atom is 0.0399 e. The molecule has 0 saturated carbocycles. The topological polar surface area (TPSA) is 0 Å². The smallest absolute Gasteiger partial charge is 0.0399 e. The summed E-state index contributed by atoms with van der Waals surface area (Å²) < 4.78 is 13.3. The van der Waals surface area contributed by atoms with Crippen LogP contribution >= 0.6 is 27.5 Å². The fourth-order valence-corrected chi connectivity index (χ4v) is 0. The molecular formula is C2H4BrCl. The fourth-order valence-electron chi connectivity index (χ4n) is 0. The standard InChI is InChI=1S/C2H4BrCl/c3-1-2-4/h1-2H2/i1D2. The zero-order chi connectivity index (χ0) is 5.21. The van der Waals surface area contributed by atoms with Crippen molar-refractivity contribution in [2.45, 2.75) is 0 Å². The van der Waals surface area contributed by atoms with Crippen molar-refractivity contribution in [2.24, 2.45) is 0 Å². The molecule has 0 fully saturated rings. The second-order valence-electron chi connectivity index (χ2n) is 0.267. The van der Waals surface area contributed by atoms with E-state index in [2.05, 4.69) is 15.9 Å². The monoisotopic (exact) mass is 144 g/mol. The van der Waals surface area contributed by atoms with E-state index in [0.29, 0.717) is 0 Å².